The second kappa shape index (κ2) is 9.13. The maximum atomic E-state index is 12.6. The Morgan fingerprint density at radius 2 is 1.55 bits per heavy atom. The fourth-order valence-corrected chi connectivity index (χ4v) is 2.94. The number of amides is 2. The van der Waals surface area contributed by atoms with Crippen LogP contribution in [0.5, 0.6) is 0 Å². The number of piperazine rings is 1. The average Bonchev–Trinajstić information content (AvgIpc) is 2.74. The molecule has 0 aliphatic carbocycles. The van der Waals surface area contributed by atoms with Crippen LogP contribution in [-0.4, -0.2) is 70.3 Å². The molecule has 29 heavy (non-hydrogen) atoms. The molecule has 1 aliphatic heterocycles. The molecule has 2 heterocycles. The zero-order valence-electron chi connectivity index (χ0n) is 16.4. The van der Waals surface area contributed by atoms with Gasteiger partial charge in [0.05, 0.1) is 17.7 Å². The molecule has 1 N–H and O–H groups in total. The molecule has 0 spiro atoms. The maximum absolute atomic E-state index is 12.6. The second-order valence-electron chi connectivity index (χ2n) is 6.52. The third kappa shape index (κ3) is 5.07. The van der Waals surface area contributed by atoms with E-state index < -0.39 is 0 Å². The quantitative estimate of drug-likeness (QED) is 0.766. The third-order valence-electron chi connectivity index (χ3n) is 4.56. The fraction of sp³-hybridized carbons (Fsp3) is 0.350. The highest BCUT2D eigenvalue weighted by atomic mass is 16.5. The highest BCUT2D eigenvalue weighted by molar-refractivity contribution is 5.94. The molecule has 2 amide bonds. The Bertz CT molecular complexity index is 875. The zero-order valence-corrected chi connectivity index (χ0v) is 16.4. The molecule has 3 rings (SSSR count). The van der Waals surface area contributed by atoms with Gasteiger partial charge in [0, 0.05) is 51.2 Å². The highest BCUT2D eigenvalue weighted by Crippen LogP contribution is 2.15. The molecule has 9 heteroatoms. The van der Waals surface area contributed by atoms with E-state index in [0.29, 0.717) is 55.5 Å². The summed E-state index contributed by atoms with van der Waals surface area (Å²) in [6.07, 6.45) is 2.95. The van der Waals surface area contributed by atoms with Gasteiger partial charge < -0.3 is 19.9 Å². The summed E-state index contributed by atoms with van der Waals surface area (Å²) >= 11 is 0. The summed E-state index contributed by atoms with van der Waals surface area (Å²) in [5.41, 5.74) is 1.56. The standard InChI is InChI=1S/C20H23N5O4/c1-3-29-19(28)15-4-6-17(7-5-15)23-20-21-12-16(13-22-20)18(27)25-10-8-24(9-11-25)14(2)26/h4-7,12-13H,3,8-11H2,1-2H3,(H,21,22,23). The molecule has 1 saturated heterocycles. The molecule has 0 unspecified atom stereocenters. The van der Waals surface area contributed by atoms with Gasteiger partial charge in [0.15, 0.2) is 0 Å². The maximum Gasteiger partial charge on any atom is 0.338 e. The smallest absolute Gasteiger partial charge is 0.338 e. The van der Waals surface area contributed by atoms with Crippen molar-refractivity contribution in [3.05, 3.63) is 47.8 Å². The highest BCUT2D eigenvalue weighted by Gasteiger charge is 2.23. The molecular weight excluding hydrogens is 374 g/mol. The minimum absolute atomic E-state index is 0.0196. The Balaban J connectivity index is 1.58. The van der Waals surface area contributed by atoms with Crippen LogP contribution in [0.15, 0.2) is 36.7 Å². The Hall–Kier alpha value is -3.49. The van der Waals surface area contributed by atoms with Gasteiger partial charge in [-0.05, 0) is 31.2 Å². The van der Waals surface area contributed by atoms with E-state index in [1.54, 1.807) is 41.0 Å². The molecule has 0 saturated carbocycles. The average molecular weight is 397 g/mol. The van der Waals surface area contributed by atoms with E-state index >= 15 is 0 Å². The SMILES string of the molecule is CCOC(=O)c1ccc(Nc2ncc(C(=O)N3CCN(C(C)=O)CC3)cn2)cc1. The van der Waals surface area contributed by atoms with E-state index in [1.807, 2.05) is 0 Å². The molecular formula is C20H23N5O4. The minimum atomic E-state index is -0.373. The Morgan fingerprint density at radius 3 is 2.10 bits per heavy atom. The van der Waals surface area contributed by atoms with Gasteiger partial charge in [0.2, 0.25) is 11.9 Å². The number of ether oxygens (including phenoxy) is 1. The van der Waals surface area contributed by atoms with E-state index in [9.17, 15) is 14.4 Å². The van der Waals surface area contributed by atoms with Crippen molar-refractivity contribution >= 4 is 29.4 Å². The van der Waals surface area contributed by atoms with Crippen molar-refractivity contribution in [1.29, 1.82) is 0 Å². The van der Waals surface area contributed by atoms with Crippen LogP contribution in [0.25, 0.3) is 0 Å². The summed E-state index contributed by atoms with van der Waals surface area (Å²) in [5, 5.41) is 3.02. The van der Waals surface area contributed by atoms with Crippen molar-refractivity contribution < 1.29 is 19.1 Å². The Morgan fingerprint density at radius 1 is 0.966 bits per heavy atom. The number of anilines is 2. The molecule has 1 aliphatic rings. The topological polar surface area (TPSA) is 105 Å². The van der Waals surface area contributed by atoms with Crippen LogP contribution in [0, 0.1) is 0 Å². The number of nitrogens with one attached hydrogen (secondary N) is 1. The van der Waals surface area contributed by atoms with Gasteiger partial charge in [-0.25, -0.2) is 14.8 Å². The van der Waals surface area contributed by atoms with E-state index in [2.05, 4.69) is 15.3 Å². The van der Waals surface area contributed by atoms with Crippen molar-refractivity contribution in [2.24, 2.45) is 0 Å². The third-order valence-corrected chi connectivity index (χ3v) is 4.56. The lowest BCUT2D eigenvalue weighted by atomic mass is 10.2. The first-order valence-corrected chi connectivity index (χ1v) is 9.39. The lowest BCUT2D eigenvalue weighted by Gasteiger charge is -2.34. The van der Waals surface area contributed by atoms with Crippen LogP contribution in [0.4, 0.5) is 11.6 Å². The number of nitrogens with zero attached hydrogens (tertiary/aromatic N) is 4. The molecule has 0 bridgehead atoms. The Kier molecular flexibility index (Phi) is 6.38. The van der Waals surface area contributed by atoms with Crippen molar-refractivity contribution in [3.63, 3.8) is 0 Å². The number of aromatic nitrogens is 2. The lowest BCUT2D eigenvalue weighted by molar-refractivity contribution is -0.130. The van der Waals surface area contributed by atoms with E-state index in [0.717, 1.165) is 0 Å². The molecule has 152 valence electrons. The molecule has 1 aromatic heterocycles. The predicted octanol–water partition coefficient (Wildman–Crippen LogP) is 1.70. The first kappa shape index (κ1) is 20.2. The summed E-state index contributed by atoms with van der Waals surface area (Å²) in [6, 6.07) is 6.75. The summed E-state index contributed by atoms with van der Waals surface area (Å²) in [7, 11) is 0. The van der Waals surface area contributed by atoms with Gasteiger partial charge in [0.25, 0.3) is 5.91 Å². The number of carbonyl (C=O) groups excluding carboxylic acids is 3. The van der Waals surface area contributed by atoms with Crippen molar-refractivity contribution in [1.82, 2.24) is 19.8 Å². The first-order chi connectivity index (χ1) is 14.0. The predicted molar refractivity (Wildman–Crippen MR) is 106 cm³/mol. The second-order valence-corrected chi connectivity index (χ2v) is 6.52. The van der Waals surface area contributed by atoms with Crippen molar-refractivity contribution in [2.75, 3.05) is 38.1 Å². The largest absolute Gasteiger partial charge is 0.462 e. The fourth-order valence-electron chi connectivity index (χ4n) is 2.94. The summed E-state index contributed by atoms with van der Waals surface area (Å²) in [5.74, 6) is -0.168. The van der Waals surface area contributed by atoms with Crippen molar-refractivity contribution in [2.45, 2.75) is 13.8 Å². The number of hydrogen-bond acceptors (Lipinski definition) is 7. The number of rotatable bonds is 5. The Labute approximate surface area is 168 Å². The van der Waals surface area contributed by atoms with E-state index in [4.69, 9.17) is 4.74 Å². The van der Waals surface area contributed by atoms with Crippen LogP contribution in [0.2, 0.25) is 0 Å². The minimum Gasteiger partial charge on any atom is -0.462 e. The van der Waals surface area contributed by atoms with Gasteiger partial charge in [-0.1, -0.05) is 0 Å². The monoisotopic (exact) mass is 397 g/mol. The summed E-state index contributed by atoms with van der Waals surface area (Å²) < 4.78 is 4.95. The van der Waals surface area contributed by atoms with Crippen LogP contribution in [-0.2, 0) is 9.53 Å². The van der Waals surface area contributed by atoms with Crippen molar-refractivity contribution in [3.8, 4) is 0 Å². The van der Waals surface area contributed by atoms with Gasteiger partial charge in [-0.2, -0.15) is 0 Å². The van der Waals surface area contributed by atoms with E-state index in [-0.39, 0.29) is 17.8 Å². The first-order valence-electron chi connectivity index (χ1n) is 9.39. The van der Waals surface area contributed by atoms with Gasteiger partial charge >= 0.3 is 5.97 Å². The molecule has 0 radical (unpaired) electrons. The number of carbonyl (C=O) groups is 3. The molecule has 9 nitrogen and oxygen atoms in total. The van der Waals surface area contributed by atoms with Gasteiger partial charge in [-0.15, -0.1) is 0 Å². The van der Waals surface area contributed by atoms with E-state index in [1.165, 1.54) is 19.3 Å². The molecule has 1 aromatic carbocycles. The van der Waals surface area contributed by atoms with Crippen LogP contribution >= 0.6 is 0 Å². The number of benzene rings is 1. The van der Waals surface area contributed by atoms with Crippen LogP contribution in [0.3, 0.4) is 0 Å². The number of hydrogen-bond donors (Lipinski definition) is 1. The summed E-state index contributed by atoms with van der Waals surface area (Å²) in [6.45, 7) is 5.65. The normalized spacial score (nSPS) is 13.7. The zero-order chi connectivity index (χ0) is 20.8. The lowest BCUT2D eigenvalue weighted by Crippen LogP contribution is -2.50. The van der Waals surface area contributed by atoms with Crippen LogP contribution in [0.1, 0.15) is 34.6 Å². The molecule has 0 atom stereocenters. The van der Waals surface area contributed by atoms with Crippen LogP contribution < -0.4 is 5.32 Å². The van der Waals surface area contributed by atoms with Gasteiger partial charge in [0.1, 0.15) is 0 Å². The summed E-state index contributed by atoms with van der Waals surface area (Å²) in [4.78, 5) is 47.4. The molecule has 1 fully saturated rings. The molecule has 2 aromatic rings. The van der Waals surface area contributed by atoms with Gasteiger partial charge in [-0.3, -0.25) is 9.59 Å². The number of esters is 1.